The van der Waals surface area contributed by atoms with Crippen LogP contribution in [0.5, 0.6) is 0 Å². The van der Waals surface area contributed by atoms with Gasteiger partial charge in [0.15, 0.2) is 5.82 Å². The fraction of sp³-hybridized carbons (Fsp3) is 0.273. The van der Waals surface area contributed by atoms with Crippen molar-refractivity contribution in [3.8, 4) is 0 Å². The molecule has 0 unspecified atom stereocenters. The maximum atomic E-state index is 11.9. The van der Waals surface area contributed by atoms with Crippen molar-refractivity contribution in [1.29, 1.82) is 0 Å². The molecule has 0 spiro atoms. The molecule has 154 valence electrons. The van der Waals surface area contributed by atoms with Gasteiger partial charge in [0, 0.05) is 18.8 Å². The van der Waals surface area contributed by atoms with Crippen LogP contribution in [0.2, 0.25) is 0 Å². The van der Waals surface area contributed by atoms with Gasteiger partial charge in [-0.05, 0) is 56.5 Å². The molecule has 2 aromatic carbocycles. The van der Waals surface area contributed by atoms with E-state index in [0.717, 1.165) is 53.4 Å². The molecule has 8 heteroatoms. The normalized spacial score (nSPS) is 11.0. The van der Waals surface area contributed by atoms with Gasteiger partial charge in [-0.2, -0.15) is 0 Å². The molecule has 0 saturated heterocycles. The molecule has 0 aliphatic rings. The molecule has 0 atom stereocenters. The predicted molar refractivity (Wildman–Crippen MR) is 119 cm³/mol. The Morgan fingerprint density at radius 2 is 1.80 bits per heavy atom. The first kappa shape index (κ1) is 19.6. The van der Waals surface area contributed by atoms with Gasteiger partial charge in [0.1, 0.15) is 5.82 Å². The second-order valence-corrected chi connectivity index (χ2v) is 7.24. The van der Waals surface area contributed by atoms with E-state index in [9.17, 15) is 4.79 Å². The highest BCUT2D eigenvalue weighted by atomic mass is 16.2. The average molecular weight is 403 g/mol. The van der Waals surface area contributed by atoms with E-state index in [2.05, 4.69) is 45.2 Å². The summed E-state index contributed by atoms with van der Waals surface area (Å²) in [6, 6.07) is 15.4. The fourth-order valence-electron chi connectivity index (χ4n) is 3.36. The van der Waals surface area contributed by atoms with Gasteiger partial charge in [0.05, 0.1) is 11.0 Å². The van der Waals surface area contributed by atoms with Crippen LogP contribution in [0.15, 0.2) is 48.5 Å². The lowest BCUT2D eigenvalue weighted by molar-refractivity contribution is 0.252. The molecule has 0 aliphatic heterocycles. The Kier molecular flexibility index (Phi) is 5.74. The van der Waals surface area contributed by atoms with Crippen LogP contribution >= 0.6 is 0 Å². The van der Waals surface area contributed by atoms with Gasteiger partial charge in [-0.15, -0.1) is 10.2 Å². The topological polar surface area (TPSA) is 96.2 Å². The van der Waals surface area contributed by atoms with E-state index in [0.29, 0.717) is 6.54 Å². The van der Waals surface area contributed by atoms with Crippen LogP contribution in [0.1, 0.15) is 24.2 Å². The summed E-state index contributed by atoms with van der Waals surface area (Å²) in [5.74, 6) is 1.56. The zero-order valence-electron chi connectivity index (χ0n) is 17.1. The highest BCUT2D eigenvalue weighted by molar-refractivity contribution is 5.89. The number of anilines is 2. The SMILES string of the molecule is Cc1ccc2nc(NCCCCNC(=O)Nc3ccccc3)c3nnc(C)n3c2c1. The lowest BCUT2D eigenvalue weighted by Gasteiger charge is -2.11. The van der Waals surface area contributed by atoms with Crippen LogP contribution in [-0.2, 0) is 0 Å². The van der Waals surface area contributed by atoms with Crippen molar-refractivity contribution < 1.29 is 4.79 Å². The molecule has 0 bridgehead atoms. The van der Waals surface area contributed by atoms with Gasteiger partial charge in [0.25, 0.3) is 0 Å². The van der Waals surface area contributed by atoms with Crippen LogP contribution in [-0.4, -0.2) is 38.7 Å². The Morgan fingerprint density at radius 3 is 2.63 bits per heavy atom. The fourth-order valence-corrected chi connectivity index (χ4v) is 3.36. The lowest BCUT2D eigenvalue weighted by Crippen LogP contribution is -2.29. The van der Waals surface area contributed by atoms with Crippen molar-refractivity contribution in [2.24, 2.45) is 0 Å². The smallest absolute Gasteiger partial charge is 0.319 e. The molecule has 0 saturated carbocycles. The molecule has 2 amide bonds. The molecule has 4 rings (SSSR count). The van der Waals surface area contributed by atoms with Gasteiger partial charge in [-0.25, -0.2) is 9.78 Å². The van der Waals surface area contributed by atoms with Gasteiger partial charge in [0.2, 0.25) is 5.65 Å². The number of carbonyl (C=O) groups is 1. The predicted octanol–water partition coefficient (Wildman–Crippen LogP) is 3.91. The zero-order valence-corrected chi connectivity index (χ0v) is 17.1. The van der Waals surface area contributed by atoms with Crippen LogP contribution in [0.25, 0.3) is 16.7 Å². The number of nitrogens with zero attached hydrogens (tertiary/aromatic N) is 4. The summed E-state index contributed by atoms with van der Waals surface area (Å²) < 4.78 is 2.03. The number of benzene rings is 2. The lowest BCUT2D eigenvalue weighted by atomic mass is 10.2. The van der Waals surface area contributed by atoms with Crippen molar-refractivity contribution in [2.75, 3.05) is 23.7 Å². The number of carbonyl (C=O) groups excluding carboxylic acids is 1. The van der Waals surface area contributed by atoms with Crippen LogP contribution in [0.4, 0.5) is 16.3 Å². The second-order valence-electron chi connectivity index (χ2n) is 7.24. The van der Waals surface area contributed by atoms with E-state index in [4.69, 9.17) is 4.98 Å². The highest BCUT2D eigenvalue weighted by Gasteiger charge is 2.12. The summed E-state index contributed by atoms with van der Waals surface area (Å²) in [5.41, 5.74) is 4.58. The molecule has 4 aromatic rings. The molecule has 0 aliphatic carbocycles. The van der Waals surface area contributed by atoms with Crippen molar-refractivity contribution >= 4 is 34.2 Å². The Balaban J connectivity index is 1.31. The van der Waals surface area contributed by atoms with Crippen molar-refractivity contribution in [1.82, 2.24) is 24.9 Å². The molecule has 3 N–H and O–H groups in total. The van der Waals surface area contributed by atoms with E-state index in [1.165, 1.54) is 5.56 Å². The summed E-state index contributed by atoms with van der Waals surface area (Å²) in [7, 11) is 0. The summed E-state index contributed by atoms with van der Waals surface area (Å²) in [5, 5.41) is 17.6. The maximum Gasteiger partial charge on any atom is 0.319 e. The number of hydrogen-bond acceptors (Lipinski definition) is 5. The zero-order chi connectivity index (χ0) is 20.9. The number of para-hydroxylation sites is 1. The average Bonchev–Trinajstić information content (AvgIpc) is 3.13. The molecular formula is C22H25N7O. The van der Waals surface area contributed by atoms with E-state index in [1.807, 2.05) is 47.7 Å². The third kappa shape index (κ3) is 4.32. The number of rotatable bonds is 7. The maximum absolute atomic E-state index is 11.9. The minimum atomic E-state index is -0.193. The van der Waals surface area contributed by atoms with E-state index < -0.39 is 0 Å². The van der Waals surface area contributed by atoms with E-state index in [1.54, 1.807) is 0 Å². The third-order valence-corrected chi connectivity index (χ3v) is 4.85. The van der Waals surface area contributed by atoms with Crippen molar-refractivity contribution in [3.05, 3.63) is 59.9 Å². The Hall–Kier alpha value is -3.68. The molecule has 0 radical (unpaired) electrons. The number of amides is 2. The van der Waals surface area contributed by atoms with Gasteiger partial charge < -0.3 is 16.0 Å². The van der Waals surface area contributed by atoms with Gasteiger partial charge in [-0.1, -0.05) is 24.3 Å². The van der Waals surface area contributed by atoms with Crippen molar-refractivity contribution in [3.63, 3.8) is 0 Å². The Morgan fingerprint density at radius 1 is 1.00 bits per heavy atom. The highest BCUT2D eigenvalue weighted by Crippen LogP contribution is 2.22. The standard InChI is InChI=1S/C22H25N7O/c1-15-10-11-18-19(14-15)29-16(2)27-28-21(29)20(26-18)23-12-6-7-13-24-22(30)25-17-8-4-3-5-9-17/h3-5,8-11,14H,6-7,12-13H2,1-2H3,(H,23,26)(H2,24,25,30). The van der Waals surface area contributed by atoms with E-state index in [-0.39, 0.29) is 6.03 Å². The van der Waals surface area contributed by atoms with Gasteiger partial charge in [-0.3, -0.25) is 4.40 Å². The minimum Gasteiger partial charge on any atom is -0.367 e. The molecule has 0 fully saturated rings. The third-order valence-electron chi connectivity index (χ3n) is 4.85. The molecular weight excluding hydrogens is 378 g/mol. The summed E-state index contributed by atoms with van der Waals surface area (Å²) in [4.78, 5) is 16.6. The second kappa shape index (κ2) is 8.77. The Labute approximate surface area is 174 Å². The summed E-state index contributed by atoms with van der Waals surface area (Å²) in [6.07, 6.45) is 1.74. The number of aromatic nitrogens is 4. The van der Waals surface area contributed by atoms with E-state index >= 15 is 0 Å². The summed E-state index contributed by atoms with van der Waals surface area (Å²) >= 11 is 0. The van der Waals surface area contributed by atoms with Crippen LogP contribution in [0.3, 0.4) is 0 Å². The summed E-state index contributed by atoms with van der Waals surface area (Å²) in [6.45, 7) is 5.33. The van der Waals surface area contributed by atoms with Crippen molar-refractivity contribution in [2.45, 2.75) is 26.7 Å². The van der Waals surface area contributed by atoms with Crippen LogP contribution < -0.4 is 16.0 Å². The molecule has 2 aromatic heterocycles. The number of hydrogen-bond donors (Lipinski definition) is 3. The molecule has 30 heavy (non-hydrogen) atoms. The molecule has 8 nitrogen and oxygen atoms in total. The first-order chi connectivity index (χ1) is 14.6. The molecule has 2 heterocycles. The number of unbranched alkanes of at least 4 members (excludes halogenated alkanes) is 1. The number of urea groups is 1. The number of nitrogens with one attached hydrogen (secondary N) is 3. The Bertz CT molecular complexity index is 1170. The van der Waals surface area contributed by atoms with Crippen LogP contribution in [0, 0.1) is 13.8 Å². The number of aryl methyl sites for hydroxylation is 2. The quantitative estimate of drug-likeness (QED) is 0.407. The number of fused-ring (bicyclic) bond motifs is 3. The first-order valence-electron chi connectivity index (χ1n) is 10.1. The van der Waals surface area contributed by atoms with Gasteiger partial charge >= 0.3 is 6.03 Å². The first-order valence-corrected chi connectivity index (χ1v) is 10.1. The monoisotopic (exact) mass is 403 g/mol. The largest absolute Gasteiger partial charge is 0.367 e. The minimum absolute atomic E-state index is 0.193.